The lowest BCUT2D eigenvalue weighted by molar-refractivity contribution is -0.107. The number of hydrogen-bond acceptors (Lipinski definition) is 3. The van der Waals surface area contributed by atoms with Crippen LogP contribution in [0.5, 0.6) is 5.75 Å². The standard InChI is InChI=1S/C19H15ClF2O2S/c1-11-5-15-13(8-14(20)9-18(15)25-11)10-24-19-16(21)6-12(3-2-4-23)7-17(19)22/h4-9H,2-3,10H2,1H3. The second kappa shape index (κ2) is 7.50. The van der Waals surface area contributed by atoms with Gasteiger partial charge >= 0.3 is 0 Å². The highest BCUT2D eigenvalue weighted by atomic mass is 35.5. The fourth-order valence-electron chi connectivity index (χ4n) is 2.69. The maximum Gasteiger partial charge on any atom is 0.191 e. The van der Waals surface area contributed by atoms with Gasteiger partial charge in [-0.15, -0.1) is 11.3 Å². The Hall–Kier alpha value is -1.98. The number of hydrogen-bond donors (Lipinski definition) is 0. The predicted octanol–water partition coefficient (Wildman–Crippen LogP) is 5.85. The summed E-state index contributed by atoms with van der Waals surface area (Å²) in [6.07, 6.45) is 1.23. The van der Waals surface area contributed by atoms with Gasteiger partial charge in [-0.3, -0.25) is 0 Å². The summed E-state index contributed by atoms with van der Waals surface area (Å²) >= 11 is 7.72. The smallest absolute Gasteiger partial charge is 0.191 e. The van der Waals surface area contributed by atoms with E-state index >= 15 is 0 Å². The van der Waals surface area contributed by atoms with E-state index in [0.717, 1.165) is 20.5 Å². The minimum Gasteiger partial charge on any atom is -0.483 e. The van der Waals surface area contributed by atoms with Gasteiger partial charge in [0.05, 0.1) is 0 Å². The van der Waals surface area contributed by atoms with Crippen molar-refractivity contribution < 1.29 is 18.3 Å². The van der Waals surface area contributed by atoms with E-state index in [-0.39, 0.29) is 13.0 Å². The van der Waals surface area contributed by atoms with E-state index in [2.05, 4.69) is 0 Å². The zero-order valence-corrected chi connectivity index (χ0v) is 15.0. The molecule has 130 valence electrons. The first-order valence-corrected chi connectivity index (χ1v) is 8.90. The molecule has 0 amide bonds. The molecule has 0 unspecified atom stereocenters. The summed E-state index contributed by atoms with van der Waals surface area (Å²) in [5.74, 6) is -1.98. The summed E-state index contributed by atoms with van der Waals surface area (Å²) in [6.45, 7) is 2.00. The Morgan fingerprint density at radius 3 is 2.56 bits per heavy atom. The van der Waals surface area contributed by atoms with E-state index < -0.39 is 17.4 Å². The average Bonchev–Trinajstić information content (AvgIpc) is 2.92. The molecule has 0 saturated carbocycles. The minimum absolute atomic E-state index is 0.00869. The fourth-order valence-corrected chi connectivity index (χ4v) is 4.01. The Morgan fingerprint density at radius 1 is 1.16 bits per heavy atom. The average molecular weight is 381 g/mol. The number of rotatable bonds is 6. The molecular weight excluding hydrogens is 366 g/mol. The largest absolute Gasteiger partial charge is 0.483 e. The van der Waals surface area contributed by atoms with Gasteiger partial charge in [-0.2, -0.15) is 0 Å². The number of thiophene rings is 1. The summed E-state index contributed by atoms with van der Waals surface area (Å²) in [4.78, 5) is 11.5. The zero-order chi connectivity index (χ0) is 18.0. The van der Waals surface area contributed by atoms with Crippen LogP contribution in [0, 0.1) is 18.6 Å². The molecule has 0 spiro atoms. The third-order valence-corrected chi connectivity index (χ3v) is 5.01. The topological polar surface area (TPSA) is 26.3 Å². The molecule has 2 aromatic carbocycles. The fraction of sp³-hybridized carbons (Fsp3) is 0.211. The van der Waals surface area contributed by atoms with Crippen LogP contribution in [0.4, 0.5) is 8.78 Å². The number of halogens is 3. The summed E-state index contributed by atoms with van der Waals surface area (Å²) in [5.41, 5.74) is 1.20. The zero-order valence-electron chi connectivity index (χ0n) is 13.4. The van der Waals surface area contributed by atoms with Crippen LogP contribution in [0.25, 0.3) is 10.1 Å². The molecule has 0 bridgehead atoms. The van der Waals surface area contributed by atoms with Crippen molar-refractivity contribution in [2.45, 2.75) is 26.4 Å². The van der Waals surface area contributed by atoms with Gasteiger partial charge in [-0.05, 0) is 60.2 Å². The quantitative estimate of drug-likeness (QED) is 0.501. The van der Waals surface area contributed by atoms with Crippen LogP contribution in [0.2, 0.25) is 5.02 Å². The van der Waals surface area contributed by atoms with E-state index in [1.165, 1.54) is 12.1 Å². The predicted molar refractivity (Wildman–Crippen MR) is 96.6 cm³/mol. The highest BCUT2D eigenvalue weighted by Crippen LogP contribution is 2.32. The molecule has 3 rings (SSSR count). The summed E-state index contributed by atoms with van der Waals surface area (Å²) in [5, 5.41) is 1.52. The molecule has 3 aromatic rings. The summed E-state index contributed by atoms with van der Waals surface area (Å²) in [7, 11) is 0. The van der Waals surface area contributed by atoms with Crippen molar-refractivity contribution in [3.05, 3.63) is 63.0 Å². The Balaban J connectivity index is 1.85. The molecule has 0 atom stereocenters. The van der Waals surface area contributed by atoms with Crippen molar-refractivity contribution in [2.24, 2.45) is 0 Å². The second-order valence-corrected chi connectivity index (χ2v) is 7.44. The molecule has 1 aromatic heterocycles. The van der Waals surface area contributed by atoms with Crippen LogP contribution in [0.15, 0.2) is 30.3 Å². The van der Waals surface area contributed by atoms with Gasteiger partial charge in [0.1, 0.15) is 12.9 Å². The third kappa shape index (κ3) is 3.99. The molecule has 0 aliphatic carbocycles. The van der Waals surface area contributed by atoms with Gasteiger partial charge in [-0.1, -0.05) is 11.6 Å². The second-order valence-electron chi connectivity index (χ2n) is 5.72. The van der Waals surface area contributed by atoms with Crippen LogP contribution < -0.4 is 4.74 Å². The summed E-state index contributed by atoms with van der Waals surface area (Å²) in [6, 6.07) is 8.00. The first-order valence-electron chi connectivity index (χ1n) is 7.71. The van der Waals surface area contributed by atoms with Crippen molar-refractivity contribution in [1.29, 1.82) is 0 Å². The number of fused-ring (bicyclic) bond motifs is 1. The van der Waals surface area contributed by atoms with Crippen molar-refractivity contribution in [3.63, 3.8) is 0 Å². The monoisotopic (exact) mass is 380 g/mol. The molecule has 0 aliphatic heterocycles. The first-order chi connectivity index (χ1) is 12.0. The maximum atomic E-state index is 14.2. The number of aryl methyl sites for hydroxylation is 2. The van der Waals surface area contributed by atoms with Crippen molar-refractivity contribution >= 4 is 39.3 Å². The van der Waals surface area contributed by atoms with E-state index in [0.29, 0.717) is 23.3 Å². The first kappa shape index (κ1) is 17.8. The minimum atomic E-state index is -0.777. The summed E-state index contributed by atoms with van der Waals surface area (Å²) < 4.78 is 34.7. The maximum absolute atomic E-state index is 14.2. The molecule has 25 heavy (non-hydrogen) atoms. The molecule has 0 saturated heterocycles. The van der Waals surface area contributed by atoms with E-state index in [1.807, 2.05) is 19.1 Å². The number of carbonyl (C=O) groups is 1. The van der Waals surface area contributed by atoms with Crippen LogP contribution in [-0.2, 0) is 17.8 Å². The molecule has 0 fully saturated rings. The molecule has 6 heteroatoms. The number of aldehydes is 1. The molecule has 0 aliphatic rings. The van der Waals surface area contributed by atoms with Crippen LogP contribution in [-0.4, -0.2) is 6.29 Å². The van der Waals surface area contributed by atoms with Crippen LogP contribution >= 0.6 is 22.9 Å². The van der Waals surface area contributed by atoms with Gasteiger partial charge in [0, 0.05) is 21.0 Å². The molecule has 1 heterocycles. The Morgan fingerprint density at radius 2 is 1.88 bits per heavy atom. The molecule has 0 N–H and O–H groups in total. The van der Waals surface area contributed by atoms with Crippen LogP contribution in [0.3, 0.4) is 0 Å². The highest BCUT2D eigenvalue weighted by molar-refractivity contribution is 7.19. The van der Waals surface area contributed by atoms with Gasteiger partial charge in [0.25, 0.3) is 0 Å². The van der Waals surface area contributed by atoms with Gasteiger partial charge in [-0.25, -0.2) is 8.78 Å². The highest BCUT2D eigenvalue weighted by Gasteiger charge is 2.14. The Labute approximate surface area is 153 Å². The van der Waals surface area contributed by atoms with E-state index in [9.17, 15) is 13.6 Å². The number of carbonyl (C=O) groups excluding carboxylic acids is 1. The van der Waals surface area contributed by atoms with Gasteiger partial charge < -0.3 is 9.53 Å². The van der Waals surface area contributed by atoms with Gasteiger partial charge in [0.15, 0.2) is 17.4 Å². The molecule has 2 nitrogen and oxygen atoms in total. The normalized spacial score (nSPS) is 11.0. The van der Waals surface area contributed by atoms with Crippen molar-refractivity contribution in [2.75, 3.05) is 0 Å². The molecular formula is C19H15ClF2O2S. The Bertz CT molecular complexity index is 914. The van der Waals surface area contributed by atoms with Crippen molar-refractivity contribution in [1.82, 2.24) is 0 Å². The number of benzene rings is 2. The van der Waals surface area contributed by atoms with E-state index in [1.54, 1.807) is 17.4 Å². The van der Waals surface area contributed by atoms with Crippen LogP contribution in [0.1, 0.15) is 22.4 Å². The lowest BCUT2D eigenvalue weighted by Gasteiger charge is -2.11. The molecule has 0 radical (unpaired) electrons. The number of ether oxygens (including phenoxy) is 1. The lowest BCUT2D eigenvalue weighted by Crippen LogP contribution is -2.02. The SMILES string of the molecule is Cc1cc2c(COc3c(F)cc(CCC=O)cc3F)cc(Cl)cc2s1. The van der Waals surface area contributed by atoms with Crippen molar-refractivity contribution in [3.8, 4) is 5.75 Å². The Kier molecular flexibility index (Phi) is 5.35. The van der Waals surface area contributed by atoms with Gasteiger partial charge in [0.2, 0.25) is 0 Å². The van der Waals surface area contributed by atoms with E-state index in [4.69, 9.17) is 16.3 Å². The lowest BCUT2D eigenvalue weighted by atomic mass is 10.1. The third-order valence-electron chi connectivity index (χ3n) is 3.79.